The van der Waals surface area contributed by atoms with Gasteiger partial charge < -0.3 is 9.67 Å². The molecule has 2 rings (SSSR count). The van der Waals surface area contributed by atoms with E-state index >= 15 is 0 Å². The largest absolute Gasteiger partial charge is 0.389 e. The van der Waals surface area contributed by atoms with Crippen molar-refractivity contribution in [3.63, 3.8) is 0 Å². The first-order valence-electron chi connectivity index (χ1n) is 6.82. The van der Waals surface area contributed by atoms with Gasteiger partial charge in [0.05, 0.1) is 6.10 Å². The minimum Gasteiger partial charge on any atom is -0.389 e. The number of aliphatic hydroxyl groups is 1. The number of unbranched alkanes of at least 4 members (excludes halogenated alkanes) is 1. The Kier molecular flexibility index (Phi) is 3.76. The van der Waals surface area contributed by atoms with Crippen molar-refractivity contribution >= 4 is 10.9 Å². The maximum atomic E-state index is 9.91. The molecule has 1 unspecified atom stereocenters. The Morgan fingerprint density at radius 1 is 1.22 bits per heavy atom. The van der Waals surface area contributed by atoms with Crippen LogP contribution in [0, 0.1) is 13.8 Å². The fourth-order valence-electron chi connectivity index (χ4n) is 2.42. The summed E-state index contributed by atoms with van der Waals surface area (Å²) in [7, 11) is 0. The molecular weight excluding hydrogens is 222 g/mol. The lowest BCUT2D eigenvalue weighted by Gasteiger charge is -2.06. The van der Waals surface area contributed by atoms with E-state index in [-0.39, 0.29) is 0 Å². The van der Waals surface area contributed by atoms with Crippen LogP contribution in [-0.4, -0.2) is 9.67 Å². The number of benzene rings is 1. The number of nitrogens with zero attached hydrogens (tertiary/aromatic N) is 1. The summed E-state index contributed by atoms with van der Waals surface area (Å²) in [5, 5.41) is 11.1. The second-order valence-electron chi connectivity index (χ2n) is 5.26. The molecule has 2 nitrogen and oxygen atoms in total. The van der Waals surface area contributed by atoms with Gasteiger partial charge in [-0.15, -0.1) is 0 Å². The van der Waals surface area contributed by atoms with E-state index in [0.717, 1.165) is 12.1 Å². The highest BCUT2D eigenvalue weighted by Crippen LogP contribution is 2.29. The Bertz CT molecular complexity index is 552. The number of hydrogen-bond acceptors (Lipinski definition) is 1. The van der Waals surface area contributed by atoms with E-state index in [2.05, 4.69) is 43.7 Å². The molecule has 98 valence electrons. The van der Waals surface area contributed by atoms with Crippen molar-refractivity contribution < 1.29 is 5.11 Å². The van der Waals surface area contributed by atoms with E-state index in [4.69, 9.17) is 0 Å². The highest BCUT2D eigenvalue weighted by molar-refractivity contribution is 5.86. The average molecular weight is 245 g/mol. The molecule has 0 bridgehead atoms. The van der Waals surface area contributed by atoms with Gasteiger partial charge in [0.15, 0.2) is 0 Å². The van der Waals surface area contributed by atoms with Gasteiger partial charge in [-0.1, -0.05) is 13.3 Å². The Morgan fingerprint density at radius 2 is 1.89 bits per heavy atom. The van der Waals surface area contributed by atoms with Crippen LogP contribution in [0.25, 0.3) is 10.9 Å². The zero-order chi connectivity index (χ0) is 13.3. The van der Waals surface area contributed by atoms with E-state index in [1.165, 1.54) is 34.9 Å². The third-order valence-electron chi connectivity index (χ3n) is 3.73. The van der Waals surface area contributed by atoms with E-state index in [1.807, 2.05) is 6.92 Å². The summed E-state index contributed by atoms with van der Waals surface area (Å²) in [6, 6.07) is 4.45. The van der Waals surface area contributed by atoms with Gasteiger partial charge in [-0.3, -0.25) is 0 Å². The number of aromatic nitrogens is 1. The fraction of sp³-hybridized carbons (Fsp3) is 0.500. The monoisotopic (exact) mass is 245 g/mol. The molecule has 0 radical (unpaired) electrons. The van der Waals surface area contributed by atoms with Gasteiger partial charge in [0, 0.05) is 29.2 Å². The summed E-state index contributed by atoms with van der Waals surface area (Å²) in [6.07, 6.45) is 4.08. The molecule has 2 aromatic rings. The van der Waals surface area contributed by atoms with Gasteiger partial charge in [0.25, 0.3) is 0 Å². The number of rotatable bonds is 4. The normalized spacial score (nSPS) is 13.2. The summed E-state index contributed by atoms with van der Waals surface area (Å²) in [5.74, 6) is 0. The molecule has 1 atom stereocenters. The predicted molar refractivity (Wildman–Crippen MR) is 77.0 cm³/mol. The van der Waals surface area contributed by atoms with Crippen molar-refractivity contribution in [3.05, 3.63) is 35.0 Å². The Balaban J connectivity index is 2.61. The van der Waals surface area contributed by atoms with Crippen molar-refractivity contribution in [1.29, 1.82) is 0 Å². The van der Waals surface area contributed by atoms with Crippen LogP contribution in [-0.2, 0) is 6.54 Å². The van der Waals surface area contributed by atoms with Gasteiger partial charge in [-0.2, -0.15) is 0 Å². The van der Waals surface area contributed by atoms with E-state index in [9.17, 15) is 5.11 Å². The minimum atomic E-state index is -0.405. The molecule has 0 saturated heterocycles. The Morgan fingerprint density at radius 3 is 2.50 bits per heavy atom. The Labute approximate surface area is 109 Å². The lowest BCUT2D eigenvalue weighted by atomic mass is 10.0. The van der Waals surface area contributed by atoms with Crippen LogP contribution in [0.1, 0.15) is 49.5 Å². The first kappa shape index (κ1) is 13.2. The van der Waals surface area contributed by atoms with Gasteiger partial charge in [-0.05, 0) is 50.5 Å². The highest BCUT2D eigenvalue weighted by atomic mass is 16.3. The third-order valence-corrected chi connectivity index (χ3v) is 3.73. The van der Waals surface area contributed by atoms with Crippen molar-refractivity contribution in [2.24, 2.45) is 0 Å². The lowest BCUT2D eigenvalue weighted by Crippen LogP contribution is -1.96. The molecular formula is C16H23NO. The van der Waals surface area contributed by atoms with Crippen LogP contribution in [0.2, 0.25) is 0 Å². The van der Waals surface area contributed by atoms with Gasteiger partial charge in [0.1, 0.15) is 0 Å². The number of hydrogen-bond donors (Lipinski definition) is 1. The van der Waals surface area contributed by atoms with Crippen LogP contribution >= 0.6 is 0 Å². The second-order valence-corrected chi connectivity index (χ2v) is 5.26. The van der Waals surface area contributed by atoms with Crippen molar-refractivity contribution in [2.45, 2.75) is 53.2 Å². The molecule has 0 spiro atoms. The predicted octanol–water partition coefficient (Wildman–Crippen LogP) is 4.11. The van der Waals surface area contributed by atoms with Crippen LogP contribution in [0.15, 0.2) is 18.3 Å². The number of aryl methyl sites for hydroxylation is 3. The zero-order valence-electron chi connectivity index (χ0n) is 11.8. The summed E-state index contributed by atoms with van der Waals surface area (Å²) in [5.41, 5.74) is 4.90. The van der Waals surface area contributed by atoms with Crippen LogP contribution in [0.5, 0.6) is 0 Å². The minimum absolute atomic E-state index is 0.405. The molecule has 0 saturated carbocycles. The molecule has 1 aromatic heterocycles. The van der Waals surface area contributed by atoms with Gasteiger partial charge >= 0.3 is 0 Å². The standard InChI is InChI=1S/C16H23NO/c1-5-6-7-17-10-15(13(4)18)14-8-11(2)12(3)9-16(14)17/h8-10,13,18H,5-7H2,1-4H3. The number of fused-ring (bicyclic) bond motifs is 1. The van der Waals surface area contributed by atoms with Gasteiger partial charge in [-0.25, -0.2) is 0 Å². The molecule has 18 heavy (non-hydrogen) atoms. The van der Waals surface area contributed by atoms with Crippen molar-refractivity contribution in [3.8, 4) is 0 Å². The molecule has 0 aliphatic carbocycles. The maximum absolute atomic E-state index is 9.91. The third kappa shape index (κ3) is 2.30. The molecule has 1 N–H and O–H groups in total. The molecule has 1 heterocycles. The quantitative estimate of drug-likeness (QED) is 0.861. The first-order chi connectivity index (χ1) is 8.54. The van der Waals surface area contributed by atoms with Gasteiger partial charge in [0.2, 0.25) is 0 Å². The maximum Gasteiger partial charge on any atom is 0.0782 e. The molecule has 0 amide bonds. The van der Waals surface area contributed by atoms with E-state index in [1.54, 1.807) is 0 Å². The number of aliphatic hydroxyl groups excluding tert-OH is 1. The SMILES string of the molecule is CCCCn1cc(C(C)O)c2cc(C)c(C)cc21. The fourth-order valence-corrected chi connectivity index (χ4v) is 2.42. The lowest BCUT2D eigenvalue weighted by molar-refractivity contribution is 0.200. The van der Waals surface area contributed by atoms with Crippen LogP contribution < -0.4 is 0 Å². The zero-order valence-corrected chi connectivity index (χ0v) is 11.8. The summed E-state index contributed by atoms with van der Waals surface area (Å²) in [4.78, 5) is 0. The highest BCUT2D eigenvalue weighted by Gasteiger charge is 2.13. The van der Waals surface area contributed by atoms with E-state index in [0.29, 0.717) is 0 Å². The second kappa shape index (κ2) is 5.15. The molecule has 0 fully saturated rings. The summed E-state index contributed by atoms with van der Waals surface area (Å²) < 4.78 is 2.29. The van der Waals surface area contributed by atoms with Crippen molar-refractivity contribution in [1.82, 2.24) is 4.57 Å². The molecule has 2 heteroatoms. The van der Waals surface area contributed by atoms with Crippen LogP contribution in [0.3, 0.4) is 0 Å². The molecule has 0 aliphatic rings. The van der Waals surface area contributed by atoms with Crippen molar-refractivity contribution in [2.75, 3.05) is 0 Å². The average Bonchev–Trinajstić information content (AvgIpc) is 2.66. The Hall–Kier alpha value is -1.28. The van der Waals surface area contributed by atoms with E-state index < -0.39 is 6.10 Å². The molecule has 0 aliphatic heterocycles. The summed E-state index contributed by atoms with van der Waals surface area (Å²) >= 11 is 0. The summed E-state index contributed by atoms with van der Waals surface area (Å²) in [6.45, 7) is 9.35. The topological polar surface area (TPSA) is 25.2 Å². The first-order valence-corrected chi connectivity index (χ1v) is 6.82. The van der Waals surface area contributed by atoms with Crippen LogP contribution in [0.4, 0.5) is 0 Å². The smallest absolute Gasteiger partial charge is 0.0782 e. The molecule has 1 aromatic carbocycles.